The molecule has 1 aromatic carbocycles. The van der Waals surface area contributed by atoms with Crippen molar-refractivity contribution in [2.75, 3.05) is 19.7 Å². The van der Waals surface area contributed by atoms with Crippen LogP contribution in [0.2, 0.25) is 0 Å². The monoisotopic (exact) mass is 522 g/mol. The molecule has 11 heteroatoms. The molecule has 1 fully saturated rings. The van der Waals surface area contributed by atoms with Gasteiger partial charge in [-0.2, -0.15) is 0 Å². The minimum Gasteiger partial charge on any atom is -0.443 e. The number of carbonyl (C=O) groups excluding carboxylic acids is 1. The number of H-pyrrole nitrogens is 1. The van der Waals surface area contributed by atoms with Crippen LogP contribution in [-0.2, 0) is 22.4 Å². The van der Waals surface area contributed by atoms with Gasteiger partial charge in [0.1, 0.15) is 18.3 Å². The number of hydrogen-bond acceptors (Lipinski definition) is 8. The van der Waals surface area contributed by atoms with Crippen molar-refractivity contribution in [2.24, 2.45) is 5.73 Å². The van der Waals surface area contributed by atoms with E-state index in [-0.39, 0.29) is 17.7 Å². The third-order valence-corrected chi connectivity index (χ3v) is 6.44. The van der Waals surface area contributed by atoms with Gasteiger partial charge < -0.3 is 35.8 Å². The number of rotatable bonds is 13. The first-order chi connectivity index (χ1) is 17.7. The molecule has 10 nitrogen and oxygen atoms in total. The van der Waals surface area contributed by atoms with Crippen molar-refractivity contribution in [3.63, 3.8) is 0 Å². The Bertz CT molecular complexity index is 984. The maximum atomic E-state index is 14.1. The lowest BCUT2D eigenvalue weighted by Crippen LogP contribution is -2.58. The number of ether oxygens (including phenoxy) is 2. The van der Waals surface area contributed by atoms with E-state index in [1.54, 1.807) is 0 Å². The third-order valence-electron chi connectivity index (χ3n) is 6.44. The highest BCUT2D eigenvalue weighted by molar-refractivity contribution is 5.75. The lowest BCUT2D eigenvalue weighted by molar-refractivity contribution is -0.265. The minimum absolute atomic E-state index is 0.0331. The number of halogens is 1. The molecular formula is C26H39FN4O6. The predicted octanol–water partition coefficient (Wildman–Crippen LogP) is 1.07. The Balaban J connectivity index is 1.64. The second-order valence-electron chi connectivity index (χ2n) is 9.68. The fourth-order valence-corrected chi connectivity index (χ4v) is 4.25. The first kappa shape index (κ1) is 29.0. The largest absolute Gasteiger partial charge is 0.443 e. The average molecular weight is 523 g/mol. The maximum absolute atomic E-state index is 14.1. The normalized spacial score (nSPS) is 23.8. The van der Waals surface area contributed by atoms with Gasteiger partial charge in [-0.15, -0.1) is 5.10 Å². The van der Waals surface area contributed by atoms with Crippen molar-refractivity contribution in [3.05, 3.63) is 46.6 Å². The van der Waals surface area contributed by atoms with E-state index in [0.29, 0.717) is 25.9 Å². The summed E-state index contributed by atoms with van der Waals surface area (Å²) in [5, 5.41) is 39.7. The fraction of sp³-hybridized carbons (Fsp3) is 0.615. The summed E-state index contributed by atoms with van der Waals surface area (Å²) >= 11 is 0. The second-order valence-corrected chi connectivity index (χ2v) is 9.68. The number of carbonyl (C=O) groups is 1. The Morgan fingerprint density at radius 2 is 1.92 bits per heavy atom. The highest BCUT2D eigenvalue weighted by Gasteiger charge is 2.46. The Morgan fingerprint density at radius 3 is 2.57 bits per heavy atom. The second kappa shape index (κ2) is 13.8. The summed E-state index contributed by atoms with van der Waals surface area (Å²) in [7, 11) is 0. The summed E-state index contributed by atoms with van der Waals surface area (Å²) in [5.74, 6) is 0.308. The highest BCUT2D eigenvalue weighted by atomic mass is 19.1. The summed E-state index contributed by atoms with van der Waals surface area (Å²) in [6.45, 7) is 4.50. The Labute approximate surface area is 216 Å². The van der Waals surface area contributed by atoms with Crippen LogP contribution >= 0.6 is 0 Å². The molecule has 1 saturated heterocycles. The highest BCUT2D eigenvalue weighted by Crippen LogP contribution is 2.31. The fourth-order valence-electron chi connectivity index (χ4n) is 4.25. The molecule has 1 aliphatic heterocycles. The molecule has 206 valence electrons. The molecular weight excluding hydrogens is 483 g/mol. The topological polar surface area (TPSA) is 163 Å². The molecule has 0 saturated carbocycles. The minimum atomic E-state index is -1.94. The summed E-state index contributed by atoms with van der Waals surface area (Å²) in [6, 6.07) is 8.05. The van der Waals surface area contributed by atoms with Crippen LogP contribution in [0.4, 0.5) is 4.39 Å². The Kier molecular flexibility index (Phi) is 10.8. The van der Waals surface area contributed by atoms with Crippen molar-refractivity contribution < 1.29 is 34.0 Å². The van der Waals surface area contributed by atoms with E-state index < -0.39 is 37.4 Å². The van der Waals surface area contributed by atoms with Crippen molar-refractivity contribution in [1.29, 1.82) is 0 Å². The number of nitrogens with two attached hydrogens (primary N) is 1. The quantitative estimate of drug-likeness (QED) is 0.213. The molecule has 7 N–H and O–H groups in total. The molecule has 5 unspecified atom stereocenters. The molecule has 1 amide bonds. The van der Waals surface area contributed by atoms with Crippen LogP contribution in [0.5, 0.6) is 5.88 Å². The van der Waals surface area contributed by atoms with Crippen LogP contribution in [0.1, 0.15) is 61.4 Å². The number of nitrogens with zero attached hydrogens (tertiary/aromatic N) is 1. The average Bonchev–Trinajstić information content (AvgIpc) is 3.27. The van der Waals surface area contributed by atoms with E-state index in [2.05, 4.69) is 15.5 Å². The molecule has 3 rings (SSSR count). The first-order valence-electron chi connectivity index (χ1n) is 12.8. The number of hydrogen-bond donors (Lipinski definition) is 6. The van der Waals surface area contributed by atoms with Gasteiger partial charge in [-0.25, -0.2) is 4.39 Å². The van der Waals surface area contributed by atoms with Crippen molar-refractivity contribution >= 4 is 5.91 Å². The third kappa shape index (κ3) is 7.71. The van der Waals surface area contributed by atoms with Gasteiger partial charge in [0, 0.05) is 30.6 Å². The van der Waals surface area contributed by atoms with Crippen LogP contribution in [0.15, 0.2) is 24.3 Å². The lowest BCUT2D eigenvalue weighted by atomic mass is 9.98. The van der Waals surface area contributed by atoms with Gasteiger partial charge in [0.2, 0.25) is 18.1 Å². The van der Waals surface area contributed by atoms with Gasteiger partial charge in [-0.05, 0) is 42.9 Å². The van der Waals surface area contributed by atoms with Crippen LogP contribution < -0.4 is 15.8 Å². The smallest absolute Gasteiger partial charge is 0.238 e. The van der Waals surface area contributed by atoms with E-state index in [0.717, 1.165) is 41.6 Å². The van der Waals surface area contributed by atoms with E-state index in [1.807, 2.05) is 38.1 Å². The summed E-state index contributed by atoms with van der Waals surface area (Å²) in [4.78, 5) is 11.8. The zero-order chi connectivity index (χ0) is 26.9. The van der Waals surface area contributed by atoms with Gasteiger partial charge in [0.25, 0.3) is 0 Å². The van der Waals surface area contributed by atoms with Gasteiger partial charge in [0.05, 0.1) is 6.61 Å². The zero-order valence-electron chi connectivity index (χ0n) is 21.4. The number of amides is 1. The number of benzene rings is 1. The van der Waals surface area contributed by atoms with E-state index in [9.17, 15) is 24.5 Å². The summed E-state index contributed by atoms with van der Waals surface area (Å²) in [6.07, 6.45) is -4.82. The molecule has 0 bridgehead atoms. The zero-order valence-corrected chi connectivity index (χ0v) is 21.4. The molecule has 0 radical (unpaired) electrons. The predicted molar refractivity (Wildman–Crippen MR) is 135 cm³/mol. The molecule has 0 spiro atoms. The van der Waals surface area contributed by atoms with Crippen LogP contribution in [0, 0.1) is 0 Å². The molecule has 1 aromatic heterocycles. The molecule has 2 aromatic rings. The van der Waals surface area contributed by atoms with E-state index in [1.165, 1.54) is 0 Å². The molecule has 37 heavy (non-hydrogen) atoms. The number of nitrogens with one attached hydrogen (secondary N) is 2. The standard InChI is InChI=1S/C26H39FN4O6/c1-15(2)22-18(25(31-30-22)37-26-24(35)23(34)21(27)19(14-32)36-26)13-17-9-7-16(8-10-17)5-3-6-20(33)29-12-4-11-28/h7-10,15,19,21,23-24,26,32,34-35H,3-6,11-14,28H2,1-2H3,(H,29,33)(H,30,31). The van der Waals surface area contributed by atoms with Crippen molar-refractivity contribution in [1.82, 2.24) is 15.5 Å². The van der Waals surface area contributed by atoms with Crippen LogP contribution in [-0.4, -0.2) is 81.9 Å². The number of aromatic nitrogens is 2. The van der Waals surface area contributed by atoms with Crippen molar-refractivity contribution in [2.45, 2.75) is 82.6 Å². The Hall–Kier alpha value is -2.57. The van der Waals surface area contributed by atoms with Crippen molar-refractivity contribution in [3.8, 4) is 5.88 Å². The van der Waals surface area contributed by atoms with Gasteiger partial charge in [-0.1, -0.05) is 38.1 Å². The lowest BCUT2D eigenvalue weighted by Gasteiger charge is -2.38. The van der Waals surface area contributed by atoms with Gasteiger partial charge >= 0.3 is 0 Å². The molecule has 0 aliphatic carbocycles. The number of aliphatic hydroxyl groups excluding tert-OH is 3. The van der Waals surface area contributed by atoms with E-state index >= 15 is 0 Å². The van der Waals surface area contributed by atoms with Crippen LogP contribution in [0.3, 0.4) is 0 Å². The number of aryl methyl sites for hydroxylation is 1. The molecule has 5 atom stereocenters. The Morgan fingerprint density at radius 1 is 1.22 bits per heavy atom. The maximum Gasteiger partial charge on any atom is 0.238 e. The molecule has 1 aliphatic rings. The van der Waals surface area contributed by atoms with E-state index in [4.69, 9.17) is 15.2 Å². The van der Waals surface area contributed by atoms with Gasteiger partial charge in [-0.3, -0.25) is 9.89 Å². The summed E-state index contributed by atoms with van der Waals surface area (Å²) in [5.41, 5.74) is 9.15. The number of aromatic amines is 1. The SMILES string of the molecule is CC(C)c1[nH]nc(OC2OC(CO)C(F)C(O)C2O)c1Cc1ccc(CCCC(=O)NCCCN)cc1. The number of aliphatic hydroxyl groups is 3. The van der Waals surface area contributed by atoms with Gasteiger partial charge in [0.15, 0.2) is 6.17 Å². The number of alkyl halides is 1. The summed E-state index contributed by atoms with van der Waals surface area (Å²) < 4.78 is 25.2. The molecule has 2 heterocycles. The first-order valence-corrected chi connectivity index (χ1v) is 12.8. The van der Waals surface area contributed by atoms with Crippen LogP contribution in [0.25, 0.3) is 0 Å².